The first-order valence-corrected chi connectivity index (χ1v) is 6.07. The average Bonchev–Trinajstić information content (AvgIpc) is 2.44. The quantitative estimate of drug-likeness (QED) is 0.589. The van der Waals surface area contributed by atoms with Gasteiger partial charge in [0.1, 0.15) is 0 Å². The normalized spacial score (nSPS) is 11.0. The number of benzene rings is 2. The van der Waals surface area contributed by atoms with Gasteiger partial charge in [-0.1, -0.05) is 18.2 Å². The first kappa shape index (κ1) is 12.7. The van der Waals surface area contributed by atoms with Gasteiger partial charge in [-0.15, -0.1) is 0 Å². The lowest BCUT2D eigenvalue weighted by Crippen LogP contribution is -1.94. The third kappa shape index (κ3) is 2.03. The Morgan fingerprint density at radius 1 is 0.900 bits per heavy atom. The van der Waals surface area contributed by atoms with Gasteiger partial charge >= 0.3 is 0 Å². The van der Waals surface area contributed by atoms with Crippen molar-refractivity contribution in [2.45, 2.75) is 6.92 Å². The van der Waals surface area contributed by atoms with Crippen LogP contribution in [0.5, 0.6) is 0 Å². The van der Waals surface area contributed by atoms with Gasteiger partial charge < -0.3 is 0 Å². The van der Waals surface area contributed by atoms with Crippen molar-refractivity contribution >= 4 is 10.9 Å². The highest BCUT2D eigenvalue weighted by Crippen LogP contribution is 2.26. The summed E-state index contributed by atoms with van der Waals surface area (Å²) in [6.45, 7) is 1.89. The van der Waals surface area contributed by atoms with Crippen LogP contribution in [0.1, 0.15) is 5.56 Å². The number of hydrogen-bond acceptors (Lipinski definition) is 1. The predicted molar refractivity (Wildman–Crippen MR) is 71.8 cm³/mol. The number of hydrogen-bond donors (Lipinski definition) is 0. The molecule has 0 spiro atoms. The van der Waals surface area contributed by atoms with Crippen LogP contribution in [0.25, 0.3) is 22.2 Å². The molecule has 3 aromatic rings. The fourth-order valence-electron chi connectivity index (χ4n) is 2.20. The Bertz CT molecular complexity index is 789. The Morgan fingerprint density at radius 2 is 1.55 bits per heavy atom. The second-order valence-corrected chi connectivity index (χ2v) is 4.60. The van der Waals surface area contributed by atoms with Crippen molar-refractivity contribution in [1.82, 2.24) is 4.98 Å². The van der Waals surface area contributed by atoms with Crippen molar-refractivity contribution < 1.29 is 13.2 Å². The van der Waals surface area contributed by atoms with Crippen LogP contribution in [-0.2, 0) is 0 Å². The third-order valence-electron chi connectivity index (χ3n) is 3.20. The lowest BCUT2D eigenvalue weighted by atomic mass is 10.0. The highest BCUT2D eigenvalue weighted by molar-refractivity contribution is 5.84. The highest BCUT2D eigenvalue weighted by atomic mass is 19.2. The van der Waals surface area contributed by atoms with Gasteiger partial charge in [-0.3, -0.25) is 0 Å². The zero-order valence-electron chi connectivity index (χ0n) is 10.6. The Balaban J connectivity index is 2.25. The Morgan fingerprint density at radius 3 is 2.25 bits per heavy atom. The van der Waals surface area contributed by atoms with Gasteiger partial charge in [0.15, 0.2) is 17.5 Å². The van der Waals surface area contributed by atoms with Crippen molar-refractivity contribution in [2.75, 3.05) is 0 Å². The summed E-state index contributed by atoms with van der Waals surface area (Å²) in [5, 5.41) is 0.972. The monoisotopic (exact) mass is 273 g/mol. The summed E-state index contributed by atoms with van der Waals surface area (Å²) in [5.41, 5.74) is 2.30. The molecule has 0 unspecified atom stereocenters. The lowest BCUT2D eigenvalue weighted by molar-refractivity contribution is 0.447. The average molecular weight is 273 g/mol. The molecule has 0 N–H and O–H groups in total. The first-order chi connectivity index (χ1) is 9.56. The number of pyridine rings is 1. The summed E-state index contributed by atoms with van der Waals surface area (Å²) >= 11 is 0. The first-order valence-electron chi connectivity index (χ1n) is 6.07. The Hall–Kier alpha value is -2.36. The second kappa shape index (κ2) is 4.63. The van der Waals surface area contributed by atoms with Crippen LogP contribution in [0.3, 0.4) is 0 Å². The van der Waals surface area contributed by atoms with E-state index in [1.807, 2.05) is 31.2 Å². The highest BCUT2D eigenvalue weighted by Gasteiger charge is 2.13. The molecular formula is C16H10F3N. The van der Waals surface area contributed by atoms with Crippen LogP contribution in [-0.4, -0.2) is 4.98 Å². The molecule has 0 aliphatic heterocycles. The minimum Gasteiger partial charge on any atom is -0.248 e. The van der Waals surface area contributed by atoms with E-state index in [0.29, 0.717) is 5.69 Å². The van der Waals surface area contributed by atoms with E-state index in [2.05, 4.69) is 4.98 Å². The molecule has 0 bridgehead atoms. The fourth-order valence-corrected chi connectivity index (χ4v) is 2.20. The molecule has 0 saturated heterocycles. The standard InChI is InChI=1S/C16H10F3N/c1-9-6-15(20-14-5-3-2-4-11(9)14)10-7-12(17)16(19)13(18)8-10/h2-8H,1H3. The summed E-state index contributed by atoms with van der Waals surface area (Å²) < 4.78 is 39.6. The zero-order chi connectivity index (χ0) is 14.3. The Labute approximate surface area is 113 Å². The fraction of sp³-hybridized carbons (Fsp3) is 0.0625. The maximum atomic E-state index is 13.3. The van der Waals surface area contributed by atoms with E-state index in [1.165, 1.54) is 0 Å². The molecule has 4 heteroatoms. The maximum Gasteiger partial charge on any atom is 0.194 e. The number of aromatic nitrogens is 1. The van der Waals surface area contributed by atoms with Crippen molar-refractivity contribution in [3.05, 3.63) is 65.5 Å². The summed E-state index contributed by atoms with van der Waals surface area (Å²) in [6, 6.07) is 11.1. The summed E-state index contributed by atoms with van der Waals surface area (Å²) in [5.74, 6) is -3.90. The van der Waals surface area contributed by atoms with Crippen molar-refractivity contribution in [3.63, 3.8) is 0 Å². The summed E-state index contributed by atoms with van der Waals surface area (Å²) in [4.78, 5) is 4.36. The van der Waals surface area contributed by atoms with Crippen LogP contribution in [0.15, 0.2) is 42.5 Å². The minimum absolute atomic E-state index is 0.218. The number of para-hydroxylation sites is 1. The molecule has 0 saturated carbocycles. The minimum atomic E-state index is -1.47. The summed E-state index contributed by atoms with van der Waals surface area (Å²) in [6.07, 6.45) is 0. The van der Waals surface area contributed by atoms with Crippen molar-refractivity contribution in [1.29, 1.82) is 0 Å². The van der Waals surface area contributed by atoms with Crippen LogP contribution in [0.4, 0.5) is 13.2 Å². The predicted octanol–water partition coefficient (Wildman–Crippen LogP) is 4.63. The number of halogens is 3. The van der Waals surface area contributed by atoms with E-state index >= 15 is 0 Å². The van der Waals surface area contributed by atoms with Gasteiger partial charge in [-0.05, 0) is 36.8 Å². The second-order valence-electron chi connectivity index (χ2n) is 4.60. The summed E-state index contributed by atoms with van der Waals surface area (Å²) in [7, 11) is 0. The van der Waals surface area contributed by atoms with Gasteiger partial charge in [0, 0.05) is 10.9 Å². The molecular weight excluding hydrogens is 263 g/mol. The van der Waals surface area contributed by atoms with E-state index in [1.54, 1.807) is 6.07 Å². The van der Waals surface area contributed by atoms with E-state index in [9.17, 15) is 13.2 Å². The molecule has 1 nitrogen and oxygen atoms in total. The molecule has 0 atom stereocenters. The zero-order valence-corrected chi connectivity index (χ0v) is 10.6. The molecule has 100 valence electrons. The van der Waals surface area contributed by atoms with Crippen molar-refractivity contribution in [3.8, 4) is 11.3 Å². The maximum absolute atomic E-state index is 13.3. The number of rotatable bonds is 1. The SMILES string of the molecule is Cc1cc(-c2cc(F)c(F)c(F)c2)nc2ccccc12. The molecule has 1 aromatic heterocycles. The Kier molecular flexibility index (Phi) is 2.93. The molecule has 3 rings (SSSR count). The van der Waals surface area contributed by atoms with E-state index < -0.39 is 17.5 Å². The van der Waals surface area contributed by atoms with E-state index in [0.717, 1.165) is 28.6 Å². The van der Waals surface area contributed by atoms with Crippen LogP contribution in [0, 0.1) is 24.4 Å². The number of fused-ring (bicyclic) bond motifs is 1. The van der Waals surface area contributed by atoms with Gasteiger partial charge in [0.05, 0.1) is 11.2 Å². The topological polar surface area (TPSA) is 12.9 Å². The van der Waals surface area contributed by atoms with Crippen molar-refractivity contribution in [2.24, 2.45) is 0 Å². The molecule has 0 radical (unpaired) electrons. The van der Waals surface area contributed by atoms with Crippen LogP contribution in [0.2, 0.25) is 0 Å². The van der Waals surface area contributed by atoms with Crippen LogP contribution < -0.4 is 0 Å². The molecule has 0 amide bonds. The molecule has 0 aliphatic carbocycles. The molecule has 20 heavy (non-hydrogen) atoms. The van der Waals surface area contributed by atoms with Gasteiger partial charge in [0.2, 0.25) is 0 Å². The smallest absolute Gasteiger partial charge is 0.194 e. The van der Waals surface area contributed by atoms with Gasteiger partial charge in [0.25, 0.3) is 0 Å². The number of aryl methyl sites for hydroxylation is 1. The van der Waals surface area contributed by atoms with Gasteiger partial charge in [-0.25, -0.2) is 18.2 Å². The van der Waals surface area contributed by atoms with E-state index in [-0.39, 0.29) is 5.56 Å². The van der Waals surface area contributed by atoms with E-state index in [4.69, 9.17) is 0 Å². The molecule has 1 heterocycles. The van der Waals surface area contributed by atoms with Crippen LogP contribution >= 0.6 is 0 Å². The third-order valence-corrected chi connectivity index (χ3v) is 3.20. The van der Waals surface area contributed by atoms with Gasteiger partial charge in [-0.2, -0.15) is 0 Å². The largest absolute Gasteiger partial charge is 0.248 e. The molecule has 2 aromatic carbocycles. The molecule has 0 fully saturated rings. The number of nitrogens with zero attached hydrogens (tertiary/aromatic N) is 1. The molecule has 0 aliphatic rings. The lowest BCUT2D eigenvalue weighted by Gasteiger charge is -2.07.